The zero-order chi connectivity index (χ0) is 15.6. The minimum absolute atomic E-state index is 0.0426. The Labute approximate surface area is 125 Å². The van der Waals surface area contributed by atoms with Crippen LogP contribution in [0.3, 0.4) is 0 Å². The molecule has 0 aromatic carbocycles. The molecule has 116 valence electrons. The zero-order valence-corrected chi connectivity index (χ0v) is 13.4. The highest BCUT2D eigenvalue weighted by atomic mass is 35.5. The molecule has 1 aromatic rings. The third-order valence-electron chi connectivity index (χ3n) is 2.54. The highest BCUT2D eigenvalue weighted by Crippen LogP contribution is 2.32. The molecule has 0 aliphatic carbocycles. The molecule has 0 atom stereocenters. The van der Waals surface area contributed by atoms with E-state index in [0.717, 1.165) is 11.3 Å². The maximum Gasteiger partial charge on any atom is 0.402 e. The van der Waals surface area contributed by atoms with E-state index in [9.17, 15) is 21.6 Å². The highest BCUT2D eigenvalue weighted by Gasteiger charge is 2.38. The number of aryl methyl sites for hydroxylation is 1. The Hall–Kier alpha value is -0.310. The van der Waals surface area contributed by atoms with Gasteiger partial charge in [-0.05, 0) is 24.3 Å². The Balaban J connectivity index is 3.26. The van der Waals surface area contributed by atoms with E-state index in [2.05, 4.69) is 0 Å². The maximum absolute atomic E-state index is 12.6. The van der Waals surface area contributed by atoms with E-state index in [4.69, 9.17) is 11.6 Å². The van der Waals surface area contributed by atoms with E-state index < -0.39 is 22.7 Å². The minimum atomic E-state index is -4.58. The second kappa shape index (κ2) is 6.64. The SMILES string of the molecule is CCCN(CC(F)(F)F)S(=O)(=O)c1c(C)csc1CCl. The van der Waals surface area contributed by atoms with Gasteiger partial charge in [0.1, 0.15) is 11.4 Å². The van der Waals surface area contributed by atoms with Gasteiger partial charge in [0.25, 0.3) is 0 Å². The number of halogens is 4. The summed E-state index contributed by atoms with van der Waals surface area (Å²) in [5, 5.41) is 1.59. The average Bonchev–Trinajstić information content (AvgIpc) is 2.68. The Morgan fingerprint density at radius 1 is 1.40 bits per heavy atom. The predicted octanol–water partition coefficient (Wildman–Crippen LogP) is 3.76. The number of hydrogen-bond donors (Lipinski definition) is 0. The molecule has 0 saturated heterocycles. The molecule has 0 N–H and O–H groups in total. The van der Waals surface area contributed by atoms with Crippen molar-refractivity contribution in [3.05, 3.63) is 15.8 Å². The second-order valence-corrected chi connectivity index (χ2v) is 7.36. The fourth-order valence-electron chi connectivity index (χ4n) is 1.79. The van der Waals surface area contributed by atoms with Crippen LogP contribution in [0, 0.1) is 6.92 Å². The second-order valence-electron chi connectivity index (χ2n) is 4.26. The van der Waals surface area contributed by atoms with Crippen LogP contribution in [-0.2, 0) is 15.9 Å². The van der Waals surface area contributed by atoms with Gasteiger partial charge < -0.3 is 0 Å². The molecular weight excluding hydrogens is 335 g/mol. The summed E-state index contributed by atoms with van der Waals surface area (Å²) in [6, 6.07) is 0. The van der Waals surface area contributed by atoms with Gasteiger partial charge >= 0.3 is 6.18 Å². The van der Waals surface area contributed by atoms with Crippen molar-refractivity contribution in [2.75, 3.05) is 13.1 Å². The molecule has 0 radical (unpaired) electrons. The van der Waals surface area contributed by atoms with E-state index in [1.54, 1.807) is 19.2 Å². The number of sulfonamides is 1. The molecule has 0 bridgehead atoms. The summed E-state index contributed by atoms with van der Waals surface area (Å²) in [7, 11) is -4.19. The topological polar surface area (TPSA) is 37.4 Å². The smallest absolute Gasteiger partial charge is 0.207 e. The van der Waals surface area contributed by atoms with Crippen molar-refractivity contribution >= 4 is 33.0 Å². The molecule has 3 nitrogen and oxygen atoms in total. The Kier molecular flexibility index (Phi) is 5.89. The molecule has 1 aromatic heterocycles. The van der Waals surface area contributed by atoms with Crippen LogP contribution in [0.2, 0.25) is 0 Å². The average molecular weight is 350 g/mol. The molecular formula is C11H15ClF3NO2S2. The van der Waals surface area contributed by atoms with Crippen molar-refractivity contribution < 1.29 is 21.6 Å². The van der Waals surface area contributed by atoms with Crippen LogP contribution < -0.4 is 0 Å². The molecule has 0 unspecified atom stereocenters. The van der Waals surface area contributed by atoms with Crippen LogP contribution in [-0.4, -0.2) is 32.0 Å². The van der Waals surface area contributed by atoms with Crippen molar-refractivity contribution in [2.24, 2.45) is 0 Å². The van der Waals surface area contributed by atoms with E-state index >= 15 is 0 Å². The van der Waals surface area contributed by atoms with E-state index in [-0.39, 0.29) is 17.3 Å². The summed E-state index contributed by atoms with van der Waals surface area (Å²) in [5.74, 6) is -0.0426. The Morgan fingerprint density at radius 2 is 2.00 bits per heavy atom. The number of hydrogen-bond acceptors (Lipinski definition) is 3. The number of alkyl halides is 4. The minimum Gasteiger partial charge on any atom is -0.207 e. The lowest BCUT2D eigenvalue weighted by Crippen LogP contribution is -2.39. The monoisotopic (exact) mass is 349 g/mol. The lowest BCUT2D eigenvalue weighted by atomic mass is 10.3. The van der Waals surface area contributed by atoms with Gasteiger partial charge in [-0.15, -0.1) is 22.9 Å². The number of rotatable bonds is 6. The van der Waals surface area contributed by atoms with Crippen LogP contribution in [0.4, 0.5) is 13.2 Å². The van der Waals surface area contributed by atoms with E-state index in [0.29, 0.717) is 21.2 Å². The molecule has 1 rings (SSSR count). The molecule has 0 aliphatic rings. The van der Waals surface area contributed by atoms with Gasteiger partial charge in [0.2, 0.25) is 10.0 Å². The quantitative estimate of drug-likeness (QED) is 0.733. The van der Waals surface area contributed by atoms with Crippen molar-refractivity contribution in [2.45, 2.75) is 37.2 Å². The fourth-order valence-corrected chi connectivity index (χ4v) is 5.32. The predicted molar refractivity (Wildman–Crippen MR) is 73.7 cm³/mol. The summed E-state index contributed by atoms with van der Waals surface area (Å²) in [5.41, 5.74) is 0.425. The summed E-state index contributed by atoms with van der Waals surface area (Å²) >= 11 is 6.81. The van der Waals surface area contributed by atoms with E-state index in [1.165, 1.54) is 0 Å². The number of thiophene rings is 1. The van der Waals surface area contributed by atoms with Crippen LogP contribution in [0.1, 0.15) is 23.8 Å². The third-order valence-corrected chi connectivity index (χ3v) is 6.27. The van der Waals surface area contributed by atoms with Gasteiger partial charge in [-0.25, -0.2) is 8.42 Å². The van der Waals surface area contributed by atoms with Crippen molar-refractivity contribution in [3.63, 3.8) is 0 Å². The summed E-state index contributed by atoms with van der Waals surface area (Å²) in [6.45, 7) is 1.51. The molecule has 1 heterocycles. The van der Waals surface area contributed by atoms with Crippen LogP contribution in [0.5, 0.6) is 0 Å². The van der Waals surface area contributed by atoms with Gasteiger partial charge in [-0.1, -0.05) is 6.92 Å². The largest absolute Gasteiger partial charge is 0.402 e. The zero-order valence-electron chi connectivity index (χ0n) is 11.0. The first kappa shape index (κ1) is 17.7. The molecule has 0 aliphatic heterocycles. The highest BCUT2D eigenvalue weighted by molar-refractivity contribution is 7.89. The molecule has 20 heavy (non-hydrogen) atoms. The first-order valence-electron chi connectivity index (χ1n) is 5.83. The molecule has 9 heteroatoms. The van der Waals surface area contributed by atoms with Crippen molar-refractivity contribution in [3.8, 4) is 0 Å². The Morgan fingerprint density at radius 3 is 2.45 bits per heavy atom. The van der Waals surface area contributed by atoms with Gasteiger partial charge in [0.15, 0.2) is 0 Å². The van der Waals surface area contributed by atoms with Gasteiger partial charge in [-0.2, -0.15) is 17.5 Å². The van der Waals surface area contributed by atoms with Gasteiger partial charge in [-0.3, -0.25) is 0 Å². The fraction of sp³-hybridized carbons (Fsp3) is 0.636. The van der Waals surface area contributed by atoms with Crippen LogP contribution in [0.25, 0.3) is 0 Å². The van der Waals surface area contributed by atoms with Crippen LogP contribution in [0.15, 0.2) is 10.3 Å². The van der Waals surface area contributed by atoms with Crippen molar-refractivity contribution in [1.29, 1.82) is 0 Å². The first-order valence-corrected chi connectivity index (χ1v) is 8.68. The normalized spacial score (nSPS) is 13.2. The van der Waals surface area contributed by atoms with Gasteiger partial charge in [0, 0.05) is 11.4 Å². The summed E-state index contributed by atoms with van der Waals surface area (Å²) < 4.78 is 63.0. The lowest BCUT2D eigenvalue weighted by molar-refractivity contribution is -0.136. The summed E-state index contributed by atoms with van der Waals surface area (Å²) in [6.07, 6.45) is -4.28. The lowest BCUT2D eigenvalue weighted by Gasteiger charge is -2.23. The van der Waals surface area contributed by atoms with E-state index in [1.807, 2.05) is 0 Å². The molecule has 0 fully saturated rings. The van der Waals surface area contributed by atoms with Crippen LogP contribution >= 0.6 is 22.9 Å². The first-order chi connectivity index (χ1) is 9.13. The molecule has 0 amide bonds. The number of nitrogens with zero attached hydrogens (tertiary/aromatic N) is 1. The van der Waals surface area contributed by atoms with Gasteiger partial charge in [0.05, 0.1) is 5.88 Å². The van der Waals surface area contributed by atoms with Crippen molar-refractivity contribution in [1.82, 2.24) is 4.31 Å². The third kappa shape index (κ3) is 4.09. The maximum atomic E-state index is 12.6. The molecule has 0 spiro atoms. The summed E-state index contributed by atoms with van der Waals surface area (Å²) in [4.78, 5) is 0.280. The molecule has 0 saturated carbocycles. The standard InChI is InChI=1S/C11H15ClF3NO2S2/c1-3-4-16(7-11(13,14)15)20(17,18)10-8(2)6-19-9(10)5-12/h6H,3-5,7H2,1-2H3. The Bertz CT molecular complexity index is 555.